The van der Waals surface area contributed by atoms with Gasteiger partial charge in [-0.05, 0) is 90.6 Å². The SMILES string of the molecule is CCc1nccc(-c2ccc3c(c2)cc(C(=O)N2CCc4nn(-c5ccccc5)c(CC5=CCCN(CC(C)(C)C)C5=O)c4C2)n3[C@@]2(c3noc(=O)[nH]3)C[C@@H]2C)c1C. The summed E-state index contributed by atoms with van der Waals surface area (Å²) in [5, 5.41) is 10.2. The highest BCUT2D eigenvalue weighted by Crippen LogP contribution is 2.56. The van der Waals surface area contributed by atoms with Crippen molar-refractivity contribution < 1.29 is 14.1 Å². The number of hydrogen-bond donors (Lipinski definition) is 1. The fourth-order valence-electron chi connectivity index (χ4n) is 9.36. The first-order valence-electron chi connectivity index (χ1n) is 20.5. The van der Waals surface area contributed by atoms with Gasteiger partial charge in [0.2, 0.25) is 5.91 Å². The minimum Gasteiger partial charge on any atom is -0.338 e. The number of aromatic nitrogens is 6. The Labute approximate surface area is 337 Å². The summed E-state index contributed by atoms with van der Waals surface area (Å²) in [6.45, 7) is 15.0. The van der Waals surface area contributed by atoms with Crippen molar-refractivity contribution in [2.24, 2.45) is 11.3 Å². The van der Waals surface area contributed by atoms with E-state index in [-0.39, 0.29) is 23.1 Å². The number of amides is 2. The predicted molar refractivity (Wildman–Crippen MR) is 222 cm³/mol. The van der Waals surface area contributed by atoms with Gasteiger partial charge in [0.05, 0.1) is 17.1 Å². The molecule has 2 amide bonds. The van der Waals surface area contributed by atoms with Gasteiger partial charge in [-0.15, -0.1) is 0 Å². The predicted octanol–water partition coefficient (Wildman–Crippen LogP) is 7.17. The number of nitrogens with one attached hydrogen (secondary N) is 1. The highest BCUT2D eigenvalue weighted by atomic mass is 16.5. The quantitative estimate of drug-likeness (QED) is 0.165. The number of aromatic amines is 1. The molecule has 2 aliphatic heterocycles. The molecule has 1 fully saturated rings. The van der Waals surface area contributed by atoms with E-state index in [2.05, 4.69) is 85.5 Å². The highest BCUT2D eigenvalue weighted by molar-refractivity contribution is 6.00. The maximum Gasteiger partial charge on any atom is 0.438 e. The zero-order chi connectivity index (χ0) is 40.5. The Morgan fingerprint density at radius 3 is 2.55 bits per heavy atom. The Bertz CT molecular complexity index is 2670. The van der Waals surface area contributed by atoms with Gasteiger partial charge in [0, 0.05) is 73.0 Å². The van der Waals surface area contributed by atoms with Crippen LogP contribution >= 0.6 is 0 Å². The van der Waals surface area contributed by atoms with Gasteiger partial charge < -0.3 is 14.4 Å². The second-order valence-corrected chi connectivity index (χ2v) is 17.5. The Kier molecular flexibility index (Phi) is 9.13. The van der Waals surface area contributed by atoms with Gasteiger partial charge in [-0.1, -0.05) is 70.1 Å². The molecule has 9 rings (SSSR count). The molecule has 2 aromatic carbocycles. The van der Waals surface area contributed by atoms with Crippen molar-refractivity contribution in [3.05, 3.63) is 129 Å². The number of H-pyrrole nitrogens is 1. The number of hydrogen-bond acceptors (Lipinski definition) is 7. The lowest BCUT2D eigenvalue weighted by atomic mass is 9.93. The third-order valence-corrected chi connectivity index (χ3v) is 12.3. The minimum atomic E-state index is -0.764. The molecule has 1 saturated carbocycles. The summed E-state index contributed by atoms with van der Waals surface area (Å²) in [7, 11) is 0. The van der Waals surface area contributed by atoms with Crippen LogP contribution in [0.2, 0.25) is 0 Å². The Morgan fingerprint density at radius 1 is 1.05 bits per heavy atom. The molecule has 298 valence electrons. The van der Waals surface area contributed by atoms with Crippen LogP contribution in [0, 0.1) is 18.3 Å². The lowest BCUT2D eigenvalue weighted by Gasteiger charge is -2.33. The Morgan fingerprint density at radius 2 is 1.84 bits per heavy atom. The minimum absolute atomic E-state index is 0.0235. The van der Waals surface area contributed by atoms with Crippen LogP contribution in [0.4, 0.5) is 0 Å². The van der Waals surface area contributed by atoms with Crippen molar-refractivity contribution in [2.75, 3.05) is 19.6 Å². The van der Waals surface area contributed by atoms with E-state index in [1.807, 2.05) is 63.1 Å². The molecular weight excluding hydrogens is 729 g/mol. The maximum absolute atomic E-state index is 15.2. The molecular formula is C46H50N8O4. The van der Waals surface area contributed by atoms with E-state index < -0.39 is 11.3 Å². The normalized spacial score (nSPS) is 19.4. The first kappa shape index (κ1) is 37.5. The summed E-state index contributed by atoms with van der Waals surface area (Å²) in [4.78, 5) is 52.8. The molecule has 0 radical (unpaired) electrons. The van der Waals surface area contributed by atoms with Crippen molar-refractivity contribution in [3.8, 4) is 16.8 Å². The Balaban J connectivity index is 1.13. The van der Waals surface area contributed by atoms with Crippen molar-refractivity contribution in [1.82, 2.24) is 39.3 Å². The lowest BCUT2D eigenvalue weighted by Crippen LogP contribution is -2.41. The number of pyridine rings is 1. The summed E-state index contributed by atoms with van der Waals surface area (Å²) in [5.41, 5.74) is 9.45. The molecule has 12 nitrogen and oxygen atoms in total. The molecule has 2 atom stereocenters. The van der Waals surface area contributed by atoms with Gasteiger partial charge in [0.1, 0.15) is 11.2 Å². The van der Waals surface area contributed by atoms with Crippen LogP contribution in [0.5, 0.6) is 0 Å². The van der Waals surface area contributed by atoms with Crippen LogP contribution in [-0.2, 0) is 36.1 Å². The molecule has 0 unspecified atom stereocenters. The monoisotopic (exact) mass is 778 g/mol. The molecule has 4 aromatic heterocycles. The number of para-hydroxylation sites is 1. The number of nitrogens with zero attached hydrogens (tertiary/aromatic N) is 7. The number of carbonyl (C=O) groups excluding carboxylic acids is 2. The van der Waals surface area contributed by atoms with Crippen molar-refractivity contribution in [2.45, 2.75) is 85.7 Å². The molecule has 6 aromatic rings. The van der Waals surface area contributed by atoms with Crippen LogP contribution in [-0.4, -0.2) is 70.7 Å². The van der Waals surface area contributed by atoms with Crippen molar-refractivity contribution in [3.63, 3.8) is 0 Å². The zero-order valence-electron chi connectivity index (χ0n) is 34.1. The Hall–Kier alpha value is -6.04. The van der Waals surface area contributed by atoms with Gasteiger partial charge in [-0.3, -0.25) is 24.1 Å². The molecule has 12 heteroatoms. The lowest BCUT2D eigenvalue weighted by molar-refractivity contribution is -0.129. The molecule has 3 aliphatic rings. The van der Waals surface area contributed by atoms with Crippen LogP contribution < -0.4 is 5.76 Å². The molecule has 0 saturated heterocycles. The largest absolute Gasteiger partial charge is 0.438 e. The topological polar surface area (TPSA) is 135 Å². The molecule has 0 spiro atoms. The van der Waals surface area contributed by atoms with Gasteiger partial charge in [0.25, 0.3) is 5.91 Å². The van der Waals surface area contributed by atoms with Crippen molar-refractivity contribution in [1.29, 1.82) is 0 Å². The second-order valence-electron chi connectivity index (χ2n) is 17.5. The molecule has 1 N–H and O–H groups in total. The zero-order valence-corrected chi connectivity index (χ0v) is 34.1. The van der Waals surface area contributed by atoms with Crippen LogP contribution in [0.25, 0.3) is 27.7 Å². The molecule has 58 heavy (non-hydrogen) atoms. The average Bonchev–Trinajstić information content (AvgIpc) is 3.52. The summed E-state index contributed by atoms with van der Waals surface area (Å²) in [6.07, 6.45) is 7.23. The number of aryl methyl sites for hydroxylation is 1. The summed E-state index contributed by atoms with van der Waals surface area (Å²) in [5.74, 6) is -0.196. The standard InChI is InChI=1S/C46H50N8O4/c1-7-36-29(3)34(17-19-47-36)30-15-16-38-32(22-30)24-40(53(38)46(25-28(46)2)43-48-44(57)58-50-43)42(56)51-21-18-37-35(26-51)39(54(49-37)33-13-9-8-10-14-33)23-31-12-11-20-52(41(31)55)27-45(4,5)6/h8-10,12-17,19,22,24,28H,7,11,18,20-21,23,25-27H2,1-6H3,(H,48,50,57)/t28-,46-/m0/s1. The maximum atomic E-state index is 15.2. The molecule has 0 bridgehead atoms. The van der Waals surface area contributed by atoms with Crippen LogP contribution in [0.3, 0.4) is 0 Å². The summed E-state index contributed by atoms with van der Waals surface area (Å²) < 4.78 is 9.11. The van der Waals surface area contributed by atoms with E-state index in [0.29, 0.717) is 57.0 Å². The number of fused-ring (bicyclic) bond motifs is 2. The van der Waals surface area contributed by atoms with E-state index in [4.69, 9.17) is 9.62 Å². The number of carbonyl (C=O) groups is 2. The van der Waals surface area contributed by atoms with Gasteiger partial charge >= 0.3 is 5.76 Å². The summed E-state index contributed by atoms with van der Waals surface area (Å²) >= 11 is 0. The number of benzene rings is 2. The fourth-order valence-corrected chi connectivity index (χ4v) is 9.36. The van der Waals surface area contributed by atoms with Crippen LogP contribution in [0.15, 0.2) is 87.8 Å². The van der Waals surface area contributed by atoms with Gasteiger partial charge in [0.15, 0.2) is 5.82 Å². The first-order chi connectivity index (χ1) is 27.9. The smallest absolute Gasteiger partial charge is 0.338 e. The highest BCUT2D eigenvalue weighted by Gasteiger charge is 2.59. The fraction of sp³-hybridized carbons (Fsp3) is 0.391. The first-order valence-corrected chi connectivity index (χ1v) is 20.5. The van der Waals surface area contributed by atoms with E-state index in [9.17, 15) is 9.59 Å². The van der Waals surface area contributed by atoms with E-state index in [1.54, 1.807) is 0 Å². The van der Waals surface area contributed by atoms with Crippen molar-refractivity contribution >= 4 is 22.7 Å². The third kappa shape index (κ3) is 6.38. The second kappa shape index (κ2) is 14.1. The number of rotatable bonds is 9. The van der Waals surface area contributed by atoms with Gasteiger partial charge in [-0.25, -0.2) is 9.48 Å². The van der Waals surface area contributed by atoms with E-state index in [0.717, 1.165) is 74.3 Å². The third-order valence-electron chi connectivity index (χ3n) is 12.3. The van der Waals surface area contributed by atoms with E-state index >= 15 is 4.79 Å². The summed E-state index contributed by atoms with van der Waals surface area (Å²) in [6, 6.07) is 20.4. The molecule has 1 aliphatic carbocycles. The average molecular weight is 779 g/mol. The van der Waals surface area contributed by atoms with Gasteiger partial charge in [-0.2, -0.15) is 5.10 Å². The van der Waals surface area contributed by atoms with Crippen LogP contribution in [0.1, 0.15) is 92.0 Å². The van der Waals surface area contributed by atoms with E-state index in [1.165, 1.54) is 0 Å². The molecule has 6 heterocycles.